The van der Waals surface area contributed by atoms with Gasteiger partial charge in [0.25, 0.3) is 0 Å². The molecule has 1 aliphatic carbocycles. The molecule has 188 valence electrons. The molecule has 0 saturated heterocycles. The maximum Gasteiger partial charge on any atom is 0.244 e. The highest BCUT2D eigenvalue weighted by Gasteiger charge is 2.33. The van der Waals surface area contributed by atoms with Gasteiger partial charge in [-0.2, -0.15) is 0 Å². The molecule has 1 N–H and O–H groups in total. The quantitative estimate of drug-likeness (QED) is 0.303. The molecule has 0 unspecified atom stereocenters. The van der Waals surface area contributed by atoms with E-state index in [-0.39, 0.29) is 5.91 Å². The van der Waals surface area contributed by atoms with Crippen LogP contribution in [0.4, 0.5) is 0 Å². The van der Waals surface area contributed by atoms with Gasteiger partial charge in [0.2, 0.25) is 5.91 Å². The van der Waals surface area contributed by atoms with Crippen molar-refractivity contribution >= 4 is 32.7 Å². The monoisotopic (exact) mass is 510 g/mol. The number of nitrogens with zero attached hydrogens (tertiary/aromatic N) is 1. The van der Waals surface area contributed by atoms with Gasteiger partial charge in [0.1, 0.15) is 0 Å². The summed E-state index contributed by atoms with van der Waals surface area (Å²) in [5.41, 5.74) is 6.39. The van der Waals surface area contributed by atoms with Crippen LogP contribution in [0.5, 0.6) is 0 Å². The van der Waals surface area contributed by atoms with Crippen molar-refractivity contribution in [1.82, 2.24) is 10.3 Å². The van der Waals surface area contributed by atoms with Gasteiger partial charge in [0, 0.05) is 35.5 Å². The Morgan fingerprint density at radius 2 is 1.65 bits per heavy atom. The summed E-state index contributed by atoms with van der Waals surface area (Å²) in [5, 5.41) is 3.86. The lowest BCUT2D eigenvalue weighted by Crippen LogP contribution is -2.28. The van der Waals surface area contributed by atoms with Crippen molar-refractivity contribution in [2.75, 3.05) is 6.26 Å². The molecule has 3 aromatic carbocycles. The highest BCUT2D eigenvalue weighted by Crippen LogP contribution is 2.37. The minimum atomic E-state index is -3.35. The van der Waals surface area contributed by atoms with Crippen molar-refractivity contribution in [3.63, 3.8) is 0 Å². The van der Waals surface area contributed by atoms with Crippen molar-refractivity contribution in [2.45, 2.75) is 37.5 Å². The van der Waals surface area contributed by atoms with Crippen LogP contribution < -0.4 is 5.32 Å². The van der Waals surface area contributed by atoms with Crippen LogP contribution in [0.1, 0.15) is 37.8 Å². The number of hydrogen-bond donors (Lipinski definition) is 1. The van der Waals surface area contributed by atoms with Crippen molar-refractivity contribution in [3.8, 4) is 22.3 Å². The highest BCUT2D eigenvalue weighted by molar-refractivity contribution is 7.91. The third-order valence-corrected chi connectivity index (χ3v) is 9.16. The largest absolute Gasteiger partial charge is 0.350 e. The number of hydrogen-bond acceptors (Lipinski definition) is 4. The molecule has 1 aliphatic rings. The molecule has 6 heteroatoms. The molecule has 0 bridgehead atoms. The second kappa shape index (κ2) is 9.60. The lowest BCUT2D eigenvalue weighted by atomic mass is 9.92. The molecular weight excluding hydrogens is 480 g/mol. The molecule has 5 rings (SSSR count). The first kappa shape index (κ1) is 24.9. The molecule has 5 nitrogen and oxygen atoms in total. The molecule has 4 aromatic rings. The number of amides is 1. The van der Waals surface area contributed by atoms with E-state index in [4.69, 9.17) is 0 Å². The second-order valence-electron chi connectivity index (χ2n) is 10.2. The van der Waals surface area contributed by atoms with Gasteiger partial charge in [-0.15, -0.1) is 0 Å². The van der Waals surface area contributed by atoms with E-state index in [1.54, 1.807) is 26.1 Å². The third kappa shape index (κ3) is 5.35. The number of benzene rings is 3. The van der Waals surface area contributed by atoms with Gasteiger partial charge < -0.3 is 5.32 Å². The van der Waals surface area contributed by atoms with Gasteiger partial charge in [-0.3, -0.25) is 9.78 Å². The predicted octanol–water partition coefficient (Wildman–Crippen LogP) is 6.14. The first-order chi connectivity index (χ1) is 17.6. The Bertz CT molecular complexity index is 1630. The Morgan fingerprint density at radius 1 is 0.946 bits per heavy atom. The van der Waals surface area contributed by atoms with E-state index in [9.17, 15) is 13.2 Å². The van der Waals surface area contributed by atoms with E-state index in [1.807, 2.05) is 66.7 Å². The van der Waals surface area contributed by atoms with E-state index >= 15 is 0 Å². The van der Waals surface area contributed by atoms with Crippen molar-refractivity contribution in [2.24, 2.45) is 0 Å². The fourth-order valence-corrected chi connectivity index (χ4v) is 4.86. The van der Waals surface area contributed by atoms with Crippen LogP contribution >= 0.6 is 0 Å². The number of rotatable bonds is 7. The molecule has 1 heterocycles. The number of fused-ring (bicyclic) bond motifs is 1. The third-order valence-electron chi connectivity index (χ3n) is 7.07. The van der Waals surface area contributed by atoms with Crippen LogP contribution in [0.15, 0.2) is 85.1 Å². The number of nitrogens with one attached hydrogen (secondary N) is 1. The topological polar surface area (TPSA) is 76.1 Å². The van der Waals surface area contributed by atoms with Gasteiger partial charge in [0.05, 0.1) is 10.3 Å². The zero-order chi connectivity index (χ0) is 26.2. The van der Waals surface area contributed by atoms with Gasteiger partial charge in [0.15, 0.2) is 9.84 Å². The number of carbonyl (C=O) groups is 1. The summed E-state index contributed by atoms with van der Waals surface area (Å²) in [5.74, 6) is -0.0637. The Hall–Kier alpha value is -3.77. The van der Waals surface area contributed by atoms with Gasteiger partial charge >= 0.3 is 0 Å². The van der Waals surface area contributed by atoms with Crippen molar-refractivity contribution in [3.05, 3.63) is 96.2 Å². The second-order valence-corrected chi connectivity index (χ2v) is 12.8. The molecule has 1 aromatic heterocycles. The Morgan fingerprint density at radius 3 is 2.38 bits per heavy atom. The summed E-state index contributed by atoms with van der Waals surface area (Å²) in [6.45, 7) is 3.48. The molecule has 0 aliphatic heterocycles. The summed E-state index contributed by atoms with van der Waals surface area (Å²) < 4.78 is 24.2. The van der Waals surface area contributed by atoms with Gasteiger partial charge in [-0.1, -0.05) is 42.5 Å². The molecule has 37 heavy (non-hydrogen) atoms. The molecule has 0 spiro atoms. The number of carbonyl (C=O) groups excluding carboxylic acids is 1. The Labute approximate surface area is 218 Å². The molecular formula is C31H30N2O3S. The van der Waals surface area contributed by atoms with E-state index in [1.165, 1.54) is 6.26 Å². The molecule has 0 atom stereocenters. The summed E-state index contributed by atoms with van der Waals surface area (Å²) in [6, 6.07) is 24.3. The smallest absolute Gasteiger partial charge is 0.244 e. The minimum Gasteiger partial charge on any atom is -0.350 e. The fraction of sp³-hybridized carbons (Fsp3) is 0.226. The normalized spacial score (nSPS) is 14.2. The highest BCUT2D eigenvalue weighted by atomic mass is 32.2. The van der Waals surface area contributed by atoms with Crippen LogP contribution in [-0.2, 0) is 19.4 Å². The first-order valence-corrected chi connectivity index (χ1v) is 14.3. The summed E-state index contributed by atoms with van der Waals surface area (Å²) >= 11 is 0. The minimum absolute atomic E-state index is 0.0637. The maximum absolute atomic E-state index is 12.6. The fourth-order valence-electron chi connectivity index (χ4n) is 4.31. The summed E-state index contributed by atoms with van der Waals surface area (Å²) in [4.78, 5) is 16.7. The van der Waals surface area contributed by atoms with Gasteiger partial charge in [-0.25, -0.2) is 8.42 Å². The van der Waals surface area contributed by atoms with E-state index in [0.717, 1.165) is 57.1 Å². The maximum atomic E-state index is 12.6. The molecule has 0 radical (unpaired) electrons. The summed E-state index contributed by atoms with van der Waals surface area (Å²) in [6.07, 6.45) is 8.57. The SMILES string of the molecule is CC(C)(c1cc(-c2cccc(-c3cccc(C=CC(=O)NC4CC4)c3)c2)c2ncccc2c1)S(C)(=O)=O. The zero-order valence-electron chi connectivity index (χ0n) is 21.2. The van der Waals surface area contributed by atoms with Crippen LogP contribution in [0.3, 0.4) is 0 Å². The standard InChI is InChI=1S/C31H30N2O3S/c1-31(2,37(3,35)36)26-19-25-11-6-16-32-30(25)28(20-26)24-10-5-9-23(18-24)22-8-4-7-21(17-22)12-15-29(34)33-27-13-14-27/h4-12,15-20,27H,13-14H2,1-3H3,(H,33,34). The zero-order valence-corrected chi connectivity index (χ0v) is 22.0. The van der Waals surface area contributed by atoms with Crippen molar-refractivity contribution < 1.29 is 13.2 Å². The van der Waals surface area contributed by atoms with E-state index in [2.05, 4.69) is 22.4 Å². The average molecular weight is 511 g/mol. The Balaban J connectivity index is 1.54. The lowest BCUT2D eigenvalue weighted by molar-refractivity contribution is -0.116. The summed E-state index contributed by atoms with van der Waals surface area (Å²) in [7, 11) is -3.35. The number of pyridine rings is 1. The molecule has 1 saturated carbocycles. The molecule has 1 amide bonds. The van der Waals surface area contributed by atoms with Crippen LogP contribution in [0.2, 0.25) is 0 Å². The van der Waals surface area contributed by atoms with Crippen LogP contribution in [0, 0.1) is 0 Å². The van der Waals surface area contributed by atoms with Gasteiger partial charge in [-0.05, 0) is 90.9 Å². The van der Waals surface area contributed by atoms with E-state index < -0.39 is 14.6 Å². The number of aromatic nitrogens is 1. The van der Waals surface area contributed by atoms with Crippen LogP contribution in [0.25, 0.3) is 39.2 Å². The first-order valence-electron chi connectivity index (χ1n) is 12.4. The average Bonchev–Trinajstić information content (AvgIpc) is 3.70. The number of sulfone groups is 1. The lowest BCUT2D eigenvalue weighted by Gasteiger charge is -2.24. The molecule has 1 fully saturated rings. The van der Waals surface area contributed by atoms with E-state index in [0.29, 0.717) is 6.04 Å². The van der Waals surface area contributed by atoms with Crippen LogP contribution in [-0.4, -0.2) is 31.6 Å². The predicted molar refractivity (Wildman–Crippen MR) is 151 cm³/mol. The Kier molecular flexibility index (Phi) is 6.46. The van der Waals surface area contributed by atoms with Crippen molar-refractivity contribution in [1.29, 1.82) is 0 Å².